The lowest BCUT2D eigenvalue weighted by molar-refractivity contribution is -0.138. The van der Waals surface area contributed by atoms with E-state index in [1.165, 1.54) is 0 Å². The Morgan fingerprint density at radius 3 is 2.72 bits per heavy atom. The highest BCUT2D eigenvalue weighted by Gasteiger charge is 2.33. The van der Waals surface area contributed by atoms with E-state index in [9.17, 15) is 4.79 Å². The Labute approximate surface area is 149 Å². The number of hydrogen-bond acceptors (Lipinski definition) is 4. The van der Waals surface area contributed by atoms with Crippen LogP contribution in [0.2, 0.25) is 0 Å². The van der Waals surface area contributed by atoms with Crippen molar-refractivity contribution in [2.45, 2.75) is 47.1 Å². The SMILES string of the molecule is CCn1nccc1-c1nccnc1C[C@H]1CCN(C(=O)C(C)(C)C)C1. The highest BCUT2D eigenvalue weighted by atomic mass is 16.2. The molecule has 6 heteroatoms. The lowest BCUT2D eigenvalue weighted by Gasteiger charge is -2.25. The third-order valence-corrected chi connectivity index (χ3v) is 4.73. The molecule has 2 aromatic heterocycles. The summed E-state index contributed by atoms with van der Waals surface area (Å²) in [6.07, 6.45) is 7.14. The van der Waals surface area contributed by atoms with Crippen molar-refractivity contribution in [1.29, 1.82) is 0 Å². The van der Waals surface area contributed by atoms with Gasteiger partial charge in [-0.25, -0.2) is 0 Å². The number of likely N-dealkylation sites (tertiary alicyclic amines) is 1. The Morgan fingerprint density at radius 2 is 2.00 bits per heavy atom. The fourth-order valence-electron chi connectivity index (χ4n) is 3.45. The van der Waals surface area contributed by atoms with E-state index in [-0.39, 0.29) is 11.3 Å². The number of carbonyl (C=O) groups is 1. The van der Waals surface area contributed by atoms with Crippen LogP contribution < -0.4 is 0 Å². The zero-order valence-electron chi connectivity index (χ0n) is 15.6. The van der Waals surface area contributed by atoms with Gasteiger partial charge in [0.2, 0.25) is 5.91 Å². The van der Waals surface area contributed by atoms with Gasteiger partial charge < -0.3 is 4.90 Å². The summed E-state index contributed by atoms with van der Waals surface area (Å²) >= 11 is 0. The third kappa shape index (κ3) is 3.72. The molecule has 0 radical (unpaired) electrons. The summed E-state index contributed by atoms with van der Waals surface area (Å²) in [4.78, 5) is 23.6. The number of amides is 1. The molecule has 0 aromatic carbocycles. The lowest BCUT2D eigenvalue weighted by atomic mass is 9.95. The molecule has 0 bridgehead atoms. The molecule has 2 aromatic rings. The van der Waals surface area contributed by atoms with Crippen LogP contribution in [0.3, 0.4) is 0 Å². The van der Waals surface area contributed by atoms with E-state index >= 15 is 0 Å². The Hall–Kier alpha value is -2.24. The molecule has 3 heterocycles. The van der Waals surface area contributed by atoms with Crippen molar-refractivity contribution in [3.05, 3.63) is 30.4 Å². The van der Waals surface area contributed by atoms with E-state index in [1.54, 1.807) is 18.6 Å². The maximum atomic E-state index is 12.5. The quantitative estimate of drug-likeness (QED) is 0.858. The first kappa shape index (κ1) is 17.6. The molecular formula is C19H27N5O. The first-order chi connectivity index (χ1) is 11.9. The summed E-state index contributed by atoms with van der Waals surface area (Å²) in [5, 5.41) is 4.34. The summed E-state index contributed by atoms with van der Waals surface area (Å²) in [6, 6.07) is 1.99. The Kier molecular flexibility index (Phi) is 4.88. The fraction of sp³-hybridized carbons (Fsp3) is 0.579. The minimum absolute atomic E-state index is 0.235. The van der Waals surface area contributed by atoms with E-state index in [0.29, 0.717) is 5.92 Å². The Bertz CT molecular complexity index is 746. The largest absolute Gasteiger partial charge is 0.342 e. The fourth-order valence-corrected chi connectivity index (χ4v) is 3.45. The smallest absolute Gasteiger partial charge is 0.227 e. The molecule has 0 unspecified atom stereocenters. The minimum Gasteiger partial charge on any atom is -0.342 e. The van der Waals surface area contributed by atoms with Gasteiger partial charge in [0, 0.05) is 43.6 Å². The molecule has 0 spiro atoms. The van der Waals surface area contributed by atoms with Crippen LogP contribution in [0.4, 0.5) is 0 Å². The van der Waals surface area contributed by atoms with Crippen LogP contribution >= 0.6 is 0 Å². The number of nitrogens with zero attached hydrogens (tertiary/aromatic N) is 5. The van der Waals surface area contributed by atoms with E-state index in [2.05, 4.69) is 22.0 Å². The standard InChI is InChI=1S/C19H27N5O/c1-5-24-16(6-8-22-24)17-15(20-9-10-21-17)12-14-7-11-23(13-14)18(25)19(2,3)4/h6,8-10,14H,5,7,11-13H2,1-4H3/t14-/m1/s1. The number of carbonyl (C=O) groups excluding carboxylic acids is 1. The first-order valence-corrected chi connectivity index (χ1v) is 9.01. The van der Waals surface area contributed by atoms with Gasteiger partial charge in [-0.15, -0.1) is 0 Å². The zero-order valence-corrected chi connectivity index (χ0v) is 15.6. The highest BCUT2D eigenvalue weighted by molar-refractivity contribution is 5.81. The maximum Gasteiger partial charge on any atom is 0.227 e. The lowest BCUT2D eigenvalue weighted by Crippen LogP contribution is -2.38. The van der Waals surface area contributed by atoms with Crippen LogP contribution in [0, 0.1) is 11.3 Å². The normalized spacial score (nSPS) is 17.9. The summed E-state index contributed by atoms with van der Waals surface area (Å²) in [5.41, 5.74) is 2.58. The van der Waals surface area contributed by atoms with Gasteiger partial charge in [0.15, 0.2) is 0 Å². The molecule has 134 valence electrons. The van der Waals surface area contributed by atoms with Gasteiger partial charge in [0.25, 0.3) is 0 Å². The van der Waals surface area contributed by atoms with Crippen molar-refractivity contribution in [2.24, 2.45) is 11.3 Å². The third-order valence-electron chi connectivity index (χ3n) is 4.73. The molecule has 1 aliphatic rings. The molecule has 0 saturated carbocycles. The average molecular weight is 341 g/mol. The number of rotatable bonds is 4. The minimum atomic E-state index is -0.319. The molecule has 1 aliphatic heterocycles. The van der Waals surface area contributed by atoms with Crippen LogP contribution in [-0.2, 0) is 17.8 Å². The molecule has 1 saturated heterocycles. The van der Waals surface area contributed by atoms with Crippen molar-refractivity contribution in [2.75, 3.05) is 13.1 Å². The number of aryl methyl sites for hydroxylation is 1. The van der Waals surface area contributed by atoms with Gasteiger partial charge in [-0.2, -0.15) is 5.10 Å². The van der Waals surface area contributed by atoms with Gasteiger partial charge in [0.05, 0.1) is 11.4 Å². The van der Waals surface area contributed by atoms with E-state index in [4.69, 9.17) is 0 Å². The van der Waals surface area contributed by atoms with Crippen molar-refractivity contribution in [3.8, 4) is 11.4 Å². The van der Waals surface area contributed by atoms with Crippen molar-refractivity contribution >= 4 is 5.91 Å². The summed E-state index contributed by atoms with van der Waals surface area (Å²) < 4.78 is 1.94. The van der Waals surface area contributed by atoms with E-state index in [1.807, 2.05) is 36.4 Å². The van der Waals surface area contributed by atoms with Crippen molar-refractivity contribution in [1.82, 2.24) is 24.6 Å². The monoisotopic (exact) mass is 341 g/mol. The van der Waals surface area contributed by atoms with Crippen molar-refractivity contribution in [3.63, 3.8) is 0 Å². The topological polar surface area (TPSA) is 63.9 Å². The molecule has 6 nitrogen and oxygen atoms in total. The molecule has 3 rings (SSSR count). The van der Waals surface area contributed by atoms with Gasteiger partial charge in [-0.3, -0.25) is 19.4 Å². The van der Waals surface area contributed by atoms with Crippen LogP contribution in [0.5, 0.6) is 0 Å². The summed E-state index contributed by atoms with van der Waals surface area (Å²) in [5.74, 6) is 0.665. The summed E-state index contributed by atoms with van der Waals surface area (Å²) in [7, 11) is 0. The van der Waals surface area contributed by atoms with Gasteiger partial charge >= 0.3 is 0 Å². The zero-order chi connectivity index (χ0) is 18.0. The molecule has 0 N–H and O–H groups in total. The van der Waals surface area contributed by atoms with Gasteiger partial charge in [-0.1, -0.05) is 20.8 Å². The maximum absolute atomic E-state index is 12.5. The van der Waals surface area contributed by atoms with Gasteiger partial charge in [0.1, 0.15) is 5.69 Å². The predicted molar refractivity (Wildman–Crippen MR) is 96.8 cm³/mol. The number of aromatic nitrogens is 4. The van der Waals surface area contributed by atoms with E-state index in [0.717, 1.165) is 49.6 Å². The van der Waals surface area contributed by atoms with Crippen LogP contribution in [-0.4, -0.2) is 43.6 Å². The highest BCUT2D eigenvalue weighted by Crippen LogP contribution is 2.28. The van der Waals surface area contributed by atoms with Gasteiger partial charge in [-0.05, 0) is 31.7 Å². The van der Waals surface area contributed by atoms with Crippen molar-refractivity contribution < 1.29 is 4.79 Å². The second kappa shape index (κ2) is 6.94. The average Bonchev–Trinajstić information content (AvgIpc) is 3.22. The first-order valence-electron chi connectivity index (χ1n) is 9.01. The Morgan fingerprint density at radius 1 is 1.24 bits per heavy atom. The van der Waals surface area contributed by atoms with Crippen LogP contribution in [0.15, 0.2) is 24.7 Å². The molecule has 1 fully saturated rings. The predicted octanol–water partition coefficient (Wildman–Crippen LogP) is 2.80. The molecule has 1 amide bonds. The Balaban J connectivity index is 1.76. The second-order valence-corrected chi connectivity index (χ2v) is 7.74. The van der Waals surface area contributed by atoms with Crippen LogP contribution in [0.25, 0.3) is 11.4 Å². The molecule has 1 atom stereocenters. The van der Waals surface area contributed by atoms with Crippen LogP contribution in [0.1, 0.15) is 39.8 Å². The molecular weight excluding hydrogens is 314 g/mol. The van der Waals surface area contributed by atoms with E-state index < -0.39 is 0 Å². The molecule has 0 aliphatic carbocycles. The molecule has 25 heavy (non-hydrogen) atoms. The summed E-state index contributed by atoms with van der Waals surface area (Å²) in [6.45, 7) is 10.5. The second-order valence-electron chi connectivity index (χ2n) is 7.74. The number of hydrogen-bond donors (Lipinski definition) is 0.